The molecular formula is C40H32Cl2N4O8. The van der Waals surface area contributed by atoms with Crippen molar-refractivity contribution in [3.05, 3.63) is 133 Å². The van der Waals surface area contributed by atoms with Crippen LogP contribution in [0.3, 0.4) is 0 Å². The largest absolute Gasteiger partial charge is 0.507 e. The molecule has 6 atom stereocenters. The summed E-state index contributed by atoms with van der Waals surface area (Å²) < 4.78 is 5.44. The summed E-state index contributed by atoms with van der Waals surface area (Å²) >= 11 is 12.7. The maximum atomic E-state index is 15.4. The molecular weight excluding hydrogens is 735 g/mol. The Morgan fingerprint density at radius 1 is 0.926 bits per heavy atom. The number of amides is 4. The van der Waals surface area contributed by atoms with E-state index in [1.54, 1.807) is 61.5 Å². The van der Waals surface area contributed by atoms with Gasteiger partial charge in [0.2, 0.25) is 11.8 Å². The average molecular weight is 768 g/mol. The highest BCUT2D eigenvalue weighted by Gasteiger charge is 2.70. The standard InChI is InChI=1S/C40H32Cl2N4O8/c1-20-4-3-5-28(35(20)47)34-26-15-16-27-33(38(50)44(36(27)48)23-9-11-24(12-10-23)46(52)53)29(26)19-30-37(49)45(43-32-17-8-22(41)18-31(32)42)39(51)40(30,34)21-6-13-25(54-2)14-7-21/h3-15,17-18,27,29-30,33-34,43,47H,16,19H2,1-2H3. The topological polar surface area (TPSA) is 159 Å². The number of non-ortho nitro benzene ring substituents is 1. The van der Waals surface area contributed by atoms with Gasteiger partial charge in [-0.2, -0.15) is 5.01 Å². The summed E-state index contributed by atoms with van der Waals surface area (Å²) in [6.07, 6.45) is 2.06. The van der Waals surface area contributed by atoms with Crippen LogP contribution in [0.1, 0.15) is 35.4 Å². The van der Waals surface area contributed by atoms with Crippen LogP contribution in [0.15, 0.2) is 96.6 Å². The summed E-state index contributed by atoms with van der Waals surface area (Å²) in [7, 11) is 1.52. The minimum Gasteiger partial charge on any atom is -0.507 e. The van der Waals surface area contributed by atoms with Gasteiger partial charge in [0.1, 0.15) is 11.5 Å². The van der Waals surface area contributed by atoms with Crippen molar-refractivity contribution in [2.24, 2.45) is 23.7 Å². The summed E-state index contributed by atoms with van der Waals surface area (Å²) in [5, 5.41) is 24.6. The zero-order valence-electron chi connectivity index (χ0n) is 28.9. The predicted molar refractivity (Wildman–Crippen MR) is 199 cm³/mol. The maximum absolute atomic E-state index is 15.4. The van der Waals surface area contributed by atoms with Gasteiger partial charge in [-0.15, -0.1) is 0 Å². The van der Waals surface area contributed by atoms with Crippen molar-refractivity contribution < 1.29 is 33.9 Å². The molecule has 2 aliphatic carbocycles. The van der Waals surface area contributed by atoms with Crippen LogP contribution in [0.25, 0.3) is 0 Å². The van der Waals surface area contributed by atoms with E-state index in [0.29, 0.717) is 33.0 Å². The molecule has 2 aliphatic heterocycles. The lowest BCUT2D eigenvalue weighted by Gasteiger charge is -2.50. The number of halogens is 2. The van der Waals surface area contributed by atoms with Gasteiger partial charge < -0.3 is 9.84 Å². The number of hydrogen-bond acceptors (Lipinski definition) is 9. The molecule has 4 amide bonds. The number of nitro benzene ring substituents is 1. The van der Waals surface area contributed by atoms with Crippen LogP contribution in [0.2, 0.25) is 10.0 Å². The molecule has 4 aliphatic rings. The molecule has 14 heteroatoms. The lowest BCUT2D eigenvalue weighted by atomic mass is 9.49. The van der Waals surface area contributed by atoms with Crippen molar-refractivity contribution >= 4 is 63.9 Å². The highest BCUT2D eigenvalue weighted by Crippen LogP contribution is 2.65. The van der Waals surface area contributed by atoms with Gasteiger partial charge in [0.15, 0.2) is 0 Å². The van der Waals surface area contributed by atoms with Gasteiger partial charge in [0.25, 0.3) is 17.5 Å². The number of nitrogens with zero attached hydrogens (tertiary/aromatic N) is 3. The van der Waals surface area contributed by atoms with Gasteiger partial charge >= 0.3 is 0 Å². The third kappa shape index (κ3) is 5.11. The third-order valence-electron chi connectivity index (χ3n) is 11.5. The molecule has 12 nitrogen and oxygen atoms in total. The first kappa shape index (κ1) is 35.3. The number of aryl methyl sites for hydroxylation is 1. The van der Waals surface area contributed by atoms with Crippen LogP contribution >= 0.6 is 23.2 Å². The van der Waals surface area contributed by atoms with Gasteiger partial charge in [0.05, 0.1) is 51.6 Å². The fourth-order valence-corrected chi connectivity index (χ4v) is 9.53. The SMILES string of the molecule is COc1ccc(C23C(=O)N(Nc4ccc(Cl)cc4Cl)C(=O)C2CC2C(=CCC4C(=O)N(c5ccc([N+](=O)[O-])cc5)C(=O)C42)C3c2cccc(C)c2O)cc1. The average Bonchev–Trinajstić information content (AvgIpc) is 3.54. The van der Waals surface area contributed by atoms with Crippen LogP contribution in [0, 0.1) is 40.7 Å². The van der Waals surface area contributed by atoms with Crippen LogP contribution in [-0.2, 0) is 24.6 Å². The quantitative estimate of drug-likeness (QED) is 0.0865. The van der Waals surface area contributed by atoms with Gasteiger partial charge in [-0.3, -0.25) is 39.6 Å². The second kappa shape index (κ2) is 13.0. The van der Waals surface area contributed by atoms with E-state index in [1.807, 2.05) is 6.08 Å². The van der Waals surface area contributed by atoms with Crippen molar-refractivity contribution in [1.82, 2.24) is 5.01 Å². The Balaban J connectivity index is 1.32. The zero-order chi connectivity index (χ0) is 38.2. The first-order valence-corrected chi connectivity index (χ1v) is 18.0. The number of imide groups is 2. The highest BCUT2D eigenvalue weighted by atomic mass is 35.5. The molecule has 0 radical (unpaired) electrons. The number of rotatable bonds is 7. The van der Waals surface area contributed by atoms with E-state index in [-0.39, 0.29) is 40.7 Å². The second-order valence-electron chi connectivity index (χ2n) is 14.0. The van der Waals surface area contributed by atoms with E-state index in [1.165, 1.54) is 37.4 Å². The lowest BCUT2D eigenvalue weighted by Crippen LogP contribution is -2.53. The van der Waals surface area contributed by atoms with E-state index in [2.05, 4.69) is 5.43 Å². The first-order chi connectivity index (χ1) is 25.9. The number of fused-ring (bicyclic) bond motifs is 4. The molecule has 8 rings (SSSR count). The molecule has 0 aromatic heterocycles. The molecule has 4 aromatic rings. The summed E-state index contributed by atoms with van der Waals surface area (Å²) in [5.74, 6) is -6.10. The van der Waals surface area contributed by atoms with Gasteiger partial charge in [-0.1, -0.05) is 65.2 Å². The number of para-hydroxylation sites is 1. The number of hydrogen-bond donors (Lipinski definition) is 2. The summed E-state index contributed by atoms with van der Waals surface area (Å²) in [4.78, 5) is 70.6. The van der Waals surface area contributed by atoms with E-state index in [4.69, 9.17) is 27.9 Å². The number of carbonyl (C=O) groups excluding carboxylic acids is 4. The number of hydrazine groups is 1. The fourth-order valence-electron chi connectivity index (χ4n) is 9.08. The molecule has 1 saturated carbocycles. The number of nitro groups is 1. The second-order valence-corrected chi connectivity index (χ2v) is 14.9. The fraction of sp³-hybridized carbons (Fsp3) is 0.250. The molecule has 2 saturated heterocycles. The zero-order valence-corrected chi connectivity index (χ0v) is 30.4. The number of ether oxygens (including phenoxy) is 1. The maximum Gasteiger partial charge on any atom is 0.269 e. The van der Waals surface area contributed by atoms with E-state index < -0.39 is 63.6 Å². The van der Waals surface area contributed by atoms with Crippen molar-refractivity contribution in [2.75, 3.05) is 17.4 Å². The third-order valence-corrected chi connectivity index (χ3v) is 12.0. The van der Waals surface area contributed by atoms with Gasteiger partial charge in [0, 0.05) is 28.6 Å². The lowest BCUT2D eigenvalue weighted by molar-refractivity contribution is -0.384. The van der Waals surface area contributed by atoms with E-state index in [9.17, 15) is 29.6 Å². The number of phenolic OH excluding ortho intramolecular Hbond substituents is 1. The van der Waals surface area contributed by atoms with Gasteiger partial charge in [-0.05, 0) is 79.3 Å². The molecule has 4 aromatic carbocycles. The summed E-state index contributed by atoms with van der Waals surface area (Å²) in [6.45, 7) is 1.74. The van der Waals surface area contributed by atoms with Crippen molar-refractivity contribution in [3.8, 4) is 11.5 Å². The molecule has 0 bridgehead atoms. The van der Waals surface area contributed by atoms with E-state index in [0.717, 1.165) is 9.91 Å². The number of carbonyl (C=O) groups is 4. The number of methoxy groups -OCH3 is 1. The minimum absolute atomic E-state index is 0.0202. The molecule has 3 fully saturated rings. The Kier molecular flexibility index (Phi) is 8.50. The molecule has 2 N–H and O–H groups in total. The van der Waals surface area contributed by atoms with Crippen molar-refractivity contribution in [1.29, 1.82) is 0 Å². The Bertz CT molecular complexity index is 2310. The Labute approximate surface area is 319 Å². The molecule has 2 heterocycles. The molecule has 0 spiro atoms. The Morgan fingerprint density at radius 2 is 1.65 bits per heavy atom. The van der Waals surface area contributed by atoms with Crippen molar-refractivity contribution in [3.63, 3.8) is 0 Å². The number of anilines is 2. The Hall–Kier alpha value is -5.72. The molecule has 274 valence electrons. The van der Waals surface area contributed by atoms with E-state index >= 15 is 4.79 Å². The van der Waals surface area contributed by atoms with Gasteiger partial charge in [-0.25, -0.2) is 0 Å². The number of allylic oxidation sites excluding steroid dienone is 2. The van der Waals surface area contributed by atoms with Crippen LogP contribution < -0.4 is 15.1 Å². The molecule has 54 heavy (non-hydrogen) atoms. The number of benzene rings is 4. The van der Waals surface area contributed by atoms with Crippen LogP contribution in [-0.4, -0.2) is 45.8 Å². The number of aromatic hydroxyl groups is 1. The van der Waals surface area contributed by atoms with Crippen molar-refractivity contribution in [2.45, 2.75) is 31.1 Å². The Morgan fingerprint density at radius 3 is 2.31 bits per heavy atom. The monoisotopic (exact) mass is 766 g/mol. The predicted octanol–water partition coefficient (Wildman–Crippen LogP) is 7.11. The van der Waals surface area contributed by atoms with Crippen LogP contribution in [0.4, 0.5) is 17.1 Å². The smallest absolute Gasteiger partial charge is 0.269 e. The number of nitrogens with one attached hydrogen (secondary N) is 1. The summed E-state index contributed by atoms with van der Waals surface area (Å²) in [6, 6.07) is 21.9. The molecule has 6 unspecified atom stereocenters. The highest BCUT2D eigenvalue weighted by molar-refractivity contribution is 6.36. The summed E-state index contributed by atoms with van der Waals surface area (Å²) in [5.41, 5.74) is 3.66. The minimum atomic E-state index is -1.64. The van der Waals surface area contributed by atoms with Crippen LogP contribution in [0.5, 0.6) is 11.5 Å². The first-order valence-electron chi connectivity index (χ1n) is 17.2. The normalized spacial score (nSPS) is 25.9. The number of phenols is 1.